The normalized spacial score (nSPS) is 11.9. The van der Waals surface area contributed by atoms with E-state index in [1.165, 1.54) is 0 Å². The quantitative estimate of drug-likeness (QED) is 0.528. The molecule has 0 heterocycles. The molecule has 0 spiro atoms. The monoisotopic (exact) mass is 432 g/mol. The number of halogens is 1. The lowest BCUT2D eigenvalue weighted by molar-refractivity contribution is -0.141. The Morgan fingerprint density at radius 2 is 1.72 bits per heavy atom. The molecule has 2 aromatic rings. The fraction of sp³-hybridized carbons (Fsp3) is 0.391. The second-order valence-corrected chi connectivity index (χ2v) is 8.69. The molecule has 2 amide bonds. The van der Waals surface area contributed by atoms with Crippen LogP contribution in [0.5, 0.6) is 0 Å². The molecule has 156 valence electrons. The van der Waals surface area contributed by atoms with Crippen LogP contribution >= 0.6 is 23.4 Å². The number of hydrogen-bond acceptors (Lipinski definition) is 3. The Kier molecular flexibility index (Phi) is 9.55. The van der Waals surface area contributed by atoms with Gasteiger partial charge in [0, 0.05) is 34.7 Å². The molecule has 0 aliphatic rings. The molecular weight excluding hydrogens is 404 g/mol. The largest absolute Gasteiger partial charge is 0.352 e. The van der Waals surface area contributed by atoms with E-state index in [1.54, 1.807) is 22.7 Å². The first-order valence-electron chi connectivity index (χ1n) is 9.93. The van der Waals surface area contributed by atoms with Gasteiger partial charge in [-0.1, -0.05) is 54.9 Å². The minimum atomic E-state index is -0.525. The minimum absolute atomic E-state index is 0.0162. The van der Waals surface area contributed by atoms with Crippen molar-refractivity contribution in [3.63, 3.8) is 0 Å². The Morgan fingerprint density at radius 1 is 1.07 bits per heavy atom. The second kappa shape index (κ2) is 11.9. The molecular formula is C23H29ClN2O2S. The molecule has 1 atom stereocenters. The van der Waals surface area contributed by atoms with Gasteiger partial charge in [-0.3, -0.25) is 9.59 Å². The van der Waals surface area contributed by atoms with Gasteiger partial charge in [-0.25, -0.2) is 0 Å². The number of thioether (sulfide) groups is 1. The fourth-order valence-electron chi connectivity index (χ4n) is 3.03. The van der Waals surface area contributed by atoms with Crippen LogP contribution in [0.2, 0.25) is 5.02 Å². The SMILES string of the molecule is CC[C@@H](C(=O)NC(C)C)N(Cc1ccccc1Cl)C(=O)CCSc1ccccc1. The number of amides is 2. The molecule has 0 aromatic heterocycles. The summed E-state index contributed by atoms with van der Waals surface area (Å²) in [5, 5.41) is 3.54. The van der Waals surface area contributed by atoms with Crippen LogP contribution in [0, 0.1) is 0 Å². The molecule has 0 aliphatic heterocycles. The van der Waals surface area contributed by atoms with Gasteiger partial charge in [0.1, 0.15) is 6.04 Å². The first kappa shape index (κ1) is 23.3. The van der Waals surface area contributed by atoms with Crippen LogP contribution in [-0.4, -0.2) is 34.6 Å². The summed E-state index contributed by atoms with van der Waals surface area (Å²) >= 11 is 7.97. The van der Waals surface area contributed by atoms with Crippen molar-refractivity contribution in [2.24, 2.45) is 0 Å². The summed E-state index contributed by atoms with van der Waals surface area (Å²) in [5.74, 6) is 0.488. The predicted molar refractivity (Wildman–Crippen MR) is 121 cm³/mol. The Hall–Kier alpha value is -1.98. The third-order valence-corrected chi connectivity index (χ3v) is 5.83. The zero-order valence-corrected chi connectivity index (χ0v) is 18.8. The van der Waals surface area contributed by atoms with Gasteiger partial charge in [-0.2, -0.15) is 0 Å². The molecule has 0 saturated carbocycles. The Labute approximate surface area is 183 Å². The Bertz CT molecular complexity index is 798. The second-order valence-electron chi connectivity index (χ2n) is 7.11. The summed E-state index contributed by atoms with van der Waals surface area (Å²) < 4.78 is 0. The lowest BCUT2D eigenvalue weighted by Crippen LogP contribution is -2.50. The van der Waals surface area contributed by atoms with E-state index < -0.39 is 6.04 Å². The number of hydrogen-bond donors (Lipinski definition) is 1. The van der Waals surface area contributed by atoms with E-state index in [-0.39, 0.29) is 17.9 Å². The molecule has 0 aliphatic carbocycles. The van der Waals surface area contributed by atoms with Gasteiger partial charge in [-0.15, -0.1) is 11.8 Å². The molecule has 0 fully saturated rings. The van der Waals surface area contributed by atoms with Crippen molar-refractivity contribution >= 4 is 35.2 Å². The average Bonchev–Trinajstić information content (AvgIpc) is 2.69. The maximum atomic E-state index is 13.1. The third kappa shape index (κ3) is 7.41. The molecule has 0 radical (unpaired) electrons. The van der Waals surface area contributed by atoms with Crippen LogP contribution in [-0.2, 0) is 16.1 Å². The van der Waals surface area contributed by atoms with Crippen molar-refractivity contribution in [1.29, 1.82) is 0 Å². The van der Waals surface area contributed by atoms with Crippen molar-refractivity contribution in [3.8, 4) is 0 Å². The number of carbonyl (C=O) groups is 2. The number of nitrogens with zero attached hydrogens (tertiary/aromatic N) is 1. The van der Waals surface area contributed by atoms with E-state index in [0.29, 0.717) is 30.2 Å². The summed E-state index contributed by atoms with van der Waals surface area (Å²) in [6.45, 7) is 6.08. The topological polar surface area (TPSA) is 49.4 Å². The zero-order chi connectivity index (χ0) is 21.2. The van der Waals surface area contributed by atoms with Crippen LogP contribution in [0.3, 0.4) is 0 Å². The molecule has 0 bridgehead atoms. The van der Waals surface area contributed by atoms with Crippen molar-refractivity contribution in [2.75, 3.05) is 5.75 Å². The maximum absolute atomic E-state index is 13.1. The van der Waals surface area contributed by atoms with Crippen molar-refractivity contribution < 1.29 is 9.59 Å². The number of carbonyl (C=O) groups excluding carboxylic acids is 2. The van der Waals surface area contributed by atoms with E-state index in [1.807, 2.05) is 69.3 Å². The van der Waals surface area contributed by atoms with Gasteiger partial charge >= 0.3 is 0 Å². The predicted octanol–water partition coefficient (Wildman–Crippen LogP) is 5.15. The van der Waals surface area contributed by atoms with Crippen molar-refractivity contribution in [3.05, 3.63) is 65.2 Å². The fourth-order valence-corrected chi connectivity index (χ4v) is 4.08. The van der Waals surface area contributed by atoms with Crippen LogP contribution in [0.4, 0.5) is 0 Å². The minimum Gasteiger partial charge on any atom is -0.352 e. The smallest absolute Gasteiger partial charge is 0.243 e. The third-order valence-electron chi connectivity index (χ3n) is 4.44. The van der Waals surface area contributed by atoms with Crippen LogP contribution in [0.15, 0.2) is 59.5 Å². The van der Waals surface area contributed by atoms with Crippen LogP contribution in [0.1, 0.15) is 39.2 Å². The lowest BCUT2D eigenvalue weighted by atomic mass is 10.1. The number of benzene rings is 2. The summed E-state index contributed by atoms with van der Waals surface area (Å²) in [6.07, 6.45) is 0.899. The Morgan fingerprint density at radius 3 is 2.34 bits per heavy atom. The molecule has 0 unspecified atom stereocenters. The van der Waals surface area contributed by atoms with Gasteiger partial charge in [-0.05, 0) is 44.0 Å². The highest BCUT2D eigenvalue weighted by atomic mass is 35.5. The summed E-state index contributed by atoms with van der Waals surface area (Å²) in [4.78, 5) is 28.7. The highest BCUT2D eigenvalue weighted by Crippen LogP contribution is 2.22. The summed E-state index contributed by atoms with van der Waals surface area (Å²) in [7, 11) is 0. The van der Waals surface area contributed by atoms with E-state index in [4.69, 9.17) is 11.6 Å². The molecule has 2 aromatic carbocycles. The van der Waals surface area contributed by atoms with E-state index in [0.717, 1.165) is 10.5 Å². The summed E-state index contributed by atoms with van der Waals surface area (Å²) in [6, 6.07) is 16.9. The summed E-state index contributed by atoms with van der Waals surface area (Å²) in [5.41, 5.74) is 0.842. The van der Waals surface area contributed by atoms with E-state index in [2.05, 4.69) is 5.32 Å². The van der Waals surface area contributed by atoms with Crippen molar-refractivity contribution in [1.82, 2.24) is 10.2 Å². The standard InChI is InChI=1S/C23H29ClN2O2S/c1-4-21(23(28)25-17(2)3)26(16-18-10-8-9-13-20(18)24)22(27)14-15-29-19-11-6-5-7-12-19/h5-13,17,21H,4,14-16H2,1-3H3,(H,25,28)/t21-/m0/s1. The molecule has 29 heavy (non-hydrogen) atoms. The van der Waals surface area contributed by atoms with Crippen molar-refractivity contribution in [2.45, 2.75) is 57.1 Å². The van der Waals surface area contributed by atoms with E-state index in [9.17, 15) is 9.59 Å². The van der Waals surface area contributed by atoms with Gasteiger partial charge in [0.25, 0.3) is 0 Å². The highest BCUT2D eigenvalue weighted by molar-refractivity contribution is 7.99. The molecule has 6 heteroatoms. The van der Waals surface area contributed by atoms with Crippen LogP contribution in [0.25, 0.3) is 0 Å². The lowest BCUT2D eigenvalue weighted by Gasteiger charge is -2.31. The molecule has 1 N–H and O–H groups in total. The Balaban J connectivity index is 2.14. The highest BCUT2D eigenvalue weighted by Gasteiger charge is 2.29. The molecule has 0 saturated heterocycles. The van der Waals surface area contributed by atoms with Gasteiger partial charge < -0.3 is 10.2 Å². The maximum Gasteiger partial charge on any atom is 0.243 e. The number of nitrogens with one attached hydrogen (secondary N) is 1. The van der Waals surface area contributed by atoms with Crippen LogP contribution < -0.4 is 5.32 Å². The average molecular weight is 433 g/mol. The zero-order valence-electron chi connectivity index (χ0n) is 17.2. The molecule has 2 rings (SSSR count). The van der Waals surface area contributed by atoms with Gasteiger partial charge in [0.05, 0.1) is 0 Å². The number of rotatable bonds is 10. The first-order valence-corrected chi connectivity index (χ1v) is 11.3. The van der Waals surface area contributed by atoms with Gasteiger partial charge in [0.15, 0.2) is 0 Å². The first-order chi connectivity index (χ1) is 13.9. The molecule has 4 nitrogen and oxygen atoms in total. The van der Waals surface area contributed by atoms with E-state index >= 15 is 0 Å². The van der Waals surface area contributed by atoms with Gasteiger partial charge in [0.2, 0.25) is 11.8 Å².